The van der Waals surface area contributed by atoms with Gasteiger partial charge >= 0.3 is 0 Å². The van der Waals surface area contributed by atoms with Gasteiger partial charge in [-0.2, -0.15) is 0 Å². The molecular weight excluding hydrogens is 128 g/mol. The number of nitrogens with one attached hydrogen (secondary N) is 1. The summed E-state index contributed by atoms with van der Waals surface area (Å²) in [6.07, 6.45) is 0. The largest absolute Gasteiger partial charge is 0.344 e. The standard InChI is InChI=1S/C7H12N2O/c1-3-4-5-9-7(10)6(2)8/h6H,5,8H2,1-2H3,(H,9,10)/t6-/m1/s1. The average molecular weight is 140 g/mol. The summed E-state index contributed by atoms with van der Waals surface area (Å²) in [7, 11) is 0. The third-order valence-corrected chi connectivity index (χ3v) is 0.941. The maximum absolute atomic E-state index is 10.7. The van der Waals surface area contributed by atoms with E-state index in [2.05, 4.69) is 17.2 Å². The molecule has 0 heterocycles. The molecule has 1 amide bonds. The molecule has 10 heavy (non-hydrogen) atoms. The van der Waals surface area contributed by atoms with Gasteiger partial charge in [-0.05, 0) is 13.8 Å². The lowest BCUT2D eigenvalue weighted by molar-refractivity contribution is -0.121. The van der Waals surface area contributed by atoms with E-state index in [1.54, 1.807) is 13.8 Å². The van der Waals surface area contributed by atoms with Crippen LogP contribution in [0.15, 0.2) is 0 Å². The molecule has 0 saturated heterocycles. The highest BCUT2D eigenvalue weighted by atomic mass is 16.2. The molecule has 0 saturated carbocycles. The fourth-order valence-corrected chi connectivity index (χ4v) is 0.381. The van der Waals surface area contributed by atoms with Crippen LogP contribution in [0.1, 0.15) is 13.8 Å². The van der Waals surface area contributed by atoms with Crippen LogP contribution in [-0.2, 0) is 4.79 Å². The highest BCUT2D eigenvalue weighted by Crippen LogP contribution is 1.72. The minimum atomic E-state index is -0.446. The number of rotatable bonds is 2. The quantitative estimate of drug-likeness (QED) is 0.507. The number of nitrogens with two attached hydrogens (primary N) is 1. The fraction of sp³-hybridized carbons (Fsp3) is 0.571. The van der Waals surface area contributed by atoms with E-state index >= 15 is 0 Å². The van der Waals surface area contributed by atoms with Gasteiger partial charge in [-0.15, -0.1) is 5.92 Å². The van der Waals surface area contributed by atoms with E-state index in [0.29, 0.717) is 6.54 Å². The SMILES string of the molecule is CC#CCNC(=O)[C@@H](C)N. The van der Waals surface area contributed by atoms with Crippen LogP contribution >= 0.6 is 0 Å². The number of carbonyl (C=O) groups is 1. The van der Waals surface area contributed by atoms with Gasteiger partial charge in [0.05, 0.1) is 12.6 Å². The first-order chi connectivity index (χ1) is 4.68. The predicted octanol–water partition coefficient (Wildman–Crippen LogP) is -0.527. The van der Waals surface area contributed by atoms with Crippen LogP contribution in [-0.4, -0.2) is 18.5 Å². The van der Waals surface area contributed by atoms with Crippen LogP contribution in [0.3, 0.4) is 0 Å². The smallest absolute Gasteiger partial charge is 0.237 e. The van der Waals surface area contributed by atoms with Crippen LogP contribution in [0, 0.1) is 11.8 Å². The number of hydrogen-bond acceptors (Lipinski definition) is 2. The molecule has 0 spiro atoms. The molecule has 3 heteroatoms. The van der Waals surface area contributed by atoms with Crippen molar-refractivity contribution in [3.63, 3.8) is 0 Å². The van der Waals surface area contributed by atoms with E-state index < -0.39 is 6.04 Å². The normalized spacial score (nSPS) is 11.1. The van der Waals surface area contributed by atoms with Gasteiger partial charge in [-0.3, -0.25) is 4.79 Å². The highest BCUT2D eigenvalue weighted by Gasteiger charge is 2.03. The van der Waals surface area contributed by atoms with Crippen molar-refractivity contribution in [2.24, 2.45) is 5.73 Å². The van der Waals surface area contributed by atoms with Gasteiger partial charge in [-0.1, -0.05) is 5.92 Å². The third kappa shape index (κ3) is 3.93. The molecule has 0 radical (unpaired) electrons. The lowest BCUT2D eigenvalue weighted by atomic mass is 10.3. The Morgan fingerprint density at radius 3 is 2.80 bits per heavy atom. The first-order valence-electron chi connectivity index (χ1n) is 3.11. The average Bonchev–Trinajstić information content (AvgIpc) is 1.88. The fourth-order valence-electron chi connectivity index (χ4n) is 0.381. The van der Waals surface area contributed by atoms with Crippen molar-refractivity contribution in [1.29, 1.82) is 0 Å². The van der Waals surface area contributed by atoms with Gasteiger partial charge in [0, 0.05) is 0 Å². The lowest BCUT2D eigenvalue weighted by Crippen LogP contribution is -2.38. The summed E-state index contributed by atoms with van der Waals surface area (Å²) in [5.74, 6) is 5.19. The molecule has 1 atom stereocenters. The molecule has 0 aromatic heterocycles. The Bertz CT molecular complexity index is 164. The third-order valence-electron chi connectivity index (χ3n) is 0.941. The van der Waals surface area contributed by atoms with E-state index in [9.17, 15) is 4.79 Å². The summed E-state index contributed by atoms with van der Waals surface area (Å²) in [4.78, 5) is 10.7. The maximum Gasteiger partial charge on any atom is 0.237 e. The molecule has 0 fully saturated rings. The molecule has 0 aliphatic rings. The van der Waals surface area contributed by atoms with Gasteiger partial charge in [0.2, 0.25) is 5.91 Å². The number of amides is 1. The van der Waals surface area contributed by atoms with Crippen molar-refractivity contribution in [2.45, 2.75) is 19.9 Å². The molecule has 0 aliphatic carbocycles. The molecule has 3 nitrogen and oxygen atoms in total. The maximum atomic E-state index is 10.7. The first kappa shape index (κ1) is 8.99. The van der Waals surface area contributed by atoms with Gasteiger partial charge in [0.15, 0.2) is 0 Å². The highest BCUT2D eigenvalue weighted by molar-refractivity contribution is 5.81. The Morgan fingerprint density at radius 1 is 1.80 bits per heavy atom. The number of hydrogen-bond donors (Lipinski definition) is 2. The zero-order valence-electron chi connectivity index (χ0n) is 6.27. The molecule has 3 N–H and O–H groups in total. The second kappa shape index (κ2) is 4.83. The molecular formula is C7H12N2O. The van der Waals surface area contributed by atoms with Crippen molar-refractivity contribution in [3.05, 3.63) is 0 Å². The van der Waals surface area contributed by atoms with Crippen molar-refractivity contribution < 1.29 is 4.79 Å². The second-order valence-electron chi connectivity index (χ2n) is 1.93. The first-order valence-corrected chi connectivity index (χ1v) is 3.11. The summed E-state index contributed by atoms with van der Waals surface area (Å²) < 4.78 is 0. The van der Waals surface area contributed by atoms with E-state index in [0.717, 1.165) is 0 Å². The van der Waals surface area contributed by atoms with Crippen LogP contribution in [0.25, 0.3) is 0 Å². The molecule has 0 aliphatic heterocycles. The monoisotopic (exact) mass is 140 g/mol. The summed E-state index contributed by atoms with van der Waals surface area (Å²) in [5.41, 5.74) is 5.26. The van der Waals surface area contributed by atoms with Gasteiger partial charge in [0.25, 0.3) is 0 Å². The van der Waals surface area contributed by atoms with Crippen LogP contribution in [0.5, 0.6) is 0 Å². The predicted molar refractivity (Wildman–Crippen MR) is 40.1 cm³/mol. The Hall–Kier alpha value is -1.01. The van der Waals surface area contributed by atoms with Crippen LogP contribution in [0.2, 0.25) is 0 Å². The lowest BCUT2D eigenvalue weighted by Gasteiger charge is -2.02. The molecule has 0 aromatic carbocycles. The summed E-state index contributed by atoms with van der Waals surface area (Å²) in [5, 5.41) is 2.55. The van der Waals surface area contributed by atoms with Crippen LogP contribution < -0.4 is 11.1 Å². The molecule has 0 bridgehead atoms. The van der Waals surface area contributed by atoms with Crippen molar-refractivity contribution in [1.82, 2.24) is 5.32 Å². The van der Waals surface area contributed by atoms with Crippen molar-refractivity contribution in [3.8, 4) is 11.8 Å². The molecule has 0 aromatic rings. The second-order valence-corrected chi connectivity index (χ2v) is 1.93. The zero-order valence-corrected chi connectivity index (χ0v) is 6.27. The Kier molecular flexibility index (Phi) is 4.34. The number of carbonyl (C=O) groups excluding carboxylic acids is 1. The molecule has 56 valence electrons. The Morgan fingerprint density at radius 2 is 2.40 bits per heavy atom. The summed E-state index contributed by atoms with van der Waals surface area (Å²) in [6, 6.07) is -0.446. The van der Waals surface area contributed by atoms with Crippen molar-refractivity contribution in [2.75, 3.05) is 6.54 Å². The zero-order chi connectivity index (χ0) is 7.98. The van der Waals surface area contributed by atoms with E-state index in [-0.39, 0.29) is 5.91 Å². The van der Waals surface area contributed by atoms with Gasteiger partial charge in [0.1, 0.15) is 0 Å². The minimum absolute atomic E-state index is 0.164. The summed E-state index contributed by atoms with van der Waals surface area (Å²) in [6.45, 7) is 3.74. The van der Waals surface area contributed by atoms with Gasteiger partial charge < -0.3 is 11.1 Å². The Labute approximate surface area is 61.0 Å². The van der Waals surface area contributed by atoms with Crippen molar-refractivity contribution >= 4 is 5.91 Å². The summed E-state index contributed by atoms with van der Waals surface area (Å²) >= 11 is 0. The van der Waals surface area contributed by atoms with Gasteiger partial charge in [-0.25, -0.2) is 0 Å². The van der Waals surface area contributed by atoms with E-state index in [1.165, 1.54) is 0 Å². The Balaban J connectivity index is 3.47. The molecule has 0 unspecified atom stereocenters. The van der Waals surface area contributed by atoms with E-state index in [4.69, 9.17) is 5.73 Å². The molecule has 0 rings (SSSR count). The van der Waals surface area contributed by atoms with Crippen LogP contribution in [0.4, 0.5) is 0 Å². The van der Waals surface area contributed by atoms with E-state index in [1.807, 2.05) is 0 Å². The topological polar surface area (TPSA) is 55.1 Å². The minimum Gasteiger partial charge on any atom is -0.344 e.